The van der Waals surface area contributed by atoms with Gasteiger partial charge < -0.3 is 10.1 Å². The fourth-order valence-corrected chi connectivity index (χ4v) is 3.51. The highest BCUT2D eigenvalue weighted by atomic mass is 35.5. The van der Waals surface area contributed by atoms with E-state index in [0.29, 0.717) is 16.2 Å². The zero-order valence-electron chi connectivity index (χ0n) is 12.3. The molecule has 0 atom stereocenters. The van der Waals surface area contributed by atoms with Crippen LogP contribution in [0.4, 0.5) is 0 Å². The Kier molecular flexibility index (Phi) is 3.59. The molecule has 0 aliphatic heterocycles. The number of nitrogens with zero attached hydrogens (tertiary/aromatic N) is 1. The monoisotopic (exact) mass is 354 g/mol. The van der Waals surface area contributed by atoms with E-state index in [0.717, 1.165) is 15.8 Å². The minimum absolute atomic E-state index is 0.00000847. The Bertz CT molecular complexity index is 1050. The SMILES string of the molecule is O=C(c1cc(O)ccc1Cl)c1c[nH]c2ncc(-c3cccs3)cc12. The molecule has 0 aliphatic carbocycles. The van der Waals surface area contributed by atoms with Crippen LogP contribution in [-0.2, 0) is 0 Å². The number of hydrogen-bond acceptors (Lipinski definition) is 4. The summed E-state index contributed by atoms with van der Waals surface area (Å²) in [6.07, 6.45) is 3.40. The molecule has 0 unspecified atom stereocenters. The summed E-state index contributed by atoms with van der Waals surface area (Å²) < 4.78 is 0. The van der Waals surface area contributed by atoms with Gasteiger partial charge in [0.25, 0.3) is 0 Å². The van der Waals surface area contributed by atoms with E-state index in [4.69, 9.17) is 11.6 Å². The highest BCUT2D eigenvalue weighted by molar-refractivity contribution is 7.13. The fourth-order valence-electron chi connectivity index (χ4n) is 2.60. The largest absolute Gasteiger partial charge is 0.508 e. The number of aromatic amines is 1. The van der Waals surface area contributed by atoms with Crippen LogP contribution in [-0.4, -0.2) is 20.9 Å². The van der Waals surface area contributed by atoms with Crippen LogP contribution in [0.2, 0.25) is 5.02 Å². The summed E-state index contributed by atoms with van der Waals surface area (Å²) in [5, 5.41) is 12.7. The fraction of sp³-hybridized carbons (Fsp3) is 0. The zero-order valence-corrected chi connectivity index (χ0v) is 13.9. The van der Waals surface area contributed by atoms with Crippen molar-refractivity contribution in [3.8, 4) is 16.2 Å². The van der Waals surface area contributed by atoms with Crippen LogP contribution in [0.25, 0.3) is 21.5 Å². The lowest BCUT2D eigenvalue weighted by Crippen LogP contribution is -2.01. The molecular weight excluding hydrogens is 344 g/mol. The maximum absolute atomic E-state index is 12.9. The number of carbonyl (C=O) groups is 1. The van der Waals surface area contributed by atoms with E-state index >= 15 is 0 Å². The summed E-state index contributed by atoms with van der Waals surface area (Å²) in [4.78, 5) is 21.3. The minimum Gasteiger partial charge on any atom is -0.508 e. The highest BCUT2D eigenvalue weighted by Gasteiger charge is 2.18. The number of fused-ring (bicyclic) bond motifs is 1. The van der Waals surface area contributed by atoms with Crippen LogP contribution in [0.1, 0.15) is 15.9 Å². The van der Waals surface area contributed by atoms with Gasteiger partial charge in [-0.2, -0.15) is 0 Å². The van der Waals surface area contributed by atoms with Crippen molar-refractivity contribution < 1.29 is 9.90 Å². The Morgan fingerprint density at radius 3 is 2.88 bits per heavy atom. The molecule has 4 nitrogen and oxygen atoms in total. The van der Waals surface area contributed by atoms with Crippen LogP contribution in [0.3, 0.4) is 0 Å². The summed E-state index contributed by atoms with van der Waals surface area (Å²) in [5.41, 5.74) is 2.32. The van der Waals surface area contributed by atoms with Crippen LogP contribution in [0.15, 0.2) is 54.2 Å². The van der Waals surface area contributed by atoms with Crippen LogP contribution in [0, 0.1) is 0 Å². The number of aromatic nitrogens is 2. The summed E-state index contributed by atoms with van der Waals surface area (Å²) in [6, 6.07) is 10.3. The number of nitrogens with one attached hydrogen (secondary N) is 1. The van der Waals surface area contributed by atoms with Crippen molar-refractivity contribution in [2.75, 3.05) is 0 Å². The number of phenolic OH excluding ortho intramolecular Hbond substituents is 1. The average Bonchev–Trinajstić information content (AvgIpc) is 3.25. The molecule has 6 heteroatoms. The molecule has 0 fully saturated rings. The Labute approximate surface area is 146 Å². The molecule has 118 valence electrons. The van der Waals surface area contributed by atoms with Gasteiger partial charge in [0, 0.05) is 39.3 Å². The first-order valence-electron chi connectivity index (χ1n) is 7.18. The first-order chi connectivity index (χ1) is 11.6. The van der Waals surface area contributed by atoms with Gasteiger partial charge in [0.1, 0.15) is 11.4 Å². The molecule has 2 N–H and O–H groups in total. The average molecular weight is 355 g/mol. The number of halogens is 1. The third kappa shape index (κ3) is 2.48. The zero-order chi connectivity index (χ0) is 16.7. The number of ketones is 1. The number of benzene rings is 1. The number of rotatable bonds is 3. The lowest BCUT2D eigenvalue weighted by Gasteiger charge is -2.04. The second-order valence-corrected chi connectivity index (χ2v) is 6.65. The number of H-pyrrole nitrogens is 1. The third-order valence-electron chi connectivity index (χ3n) is 3.78. The molecule has 0 saturated carbocycles. The molecule has 0 aliphatic rings. The predicted octanol–water partition coefficient (Wildman–Crippen LogP) is 4.88. The molecule has 0 amide bonds. The van der Waals surface area contributed by atoms with E-state index in [2.05, 4.69) is 9.97 Å². The first kappa shape index (κ1) is 14.9. The molecule has 0 spiro atoms. The minimum atomic E-state index is -0.257. The van der Waals surface area contributed by atoms with E-state index in [1.54, 1.807) is 23.7 Å². The van der Waals surface area contributed by atoms with Gasteiger partial charge >= 0.3 is 0 Å². The normalized spacial score (nSPS) is 11.0. The number of aromatic hydroxyl groups is 1. The van der Waals surface area contributed by atoms with Gasteiger partial charge in [-0.1, -0.05) is 17.7 Å². The topological polar surface area (TPSA) is 66.0 Å². The first-order valence-corrected chi connectivity index (χ1v) is 8.43. The van der Waals surface area contributed by atoms with Crippen molar-refractivity contribution in [3.63, 3.8) is 0 Å². The summed E-state index contributed by atoms with van der Waals surface area (Å²) in [5.74, 6) is -0.257. The molecule has 0 saturated heterocycles. The van der Waals surface area contributed by atoms with E-state index < -0.39 is 0 Å². The Balaban J connectivity index is 1.86. The molecular formula is C18H11ClN2O2S. The second kappa shape index (κ2) is 5.78. The number of pyridine rings is 1. The van der Waals surface area contributed by atoms with Crippen molar-refractivity contribution in [3.05, 3.63) is 70.3 Å². The molecule has 0 radical (unpaired) electrons. The number of phenols is 1. The van der Waals surface area contributed by atoms with Gasteiger partial charge in [-0.05, 0) is 35.7 Å². The summed E-state index contributed by atoms with van der Waals surface area (Å²) in [6.45, 7) is 0. The van der Waals surface area contributed by atoms with E-state index in [1.165, 1.54) is 18.2 Å². The Hall–Kier alpha value is -2.63. The molecule has 4 aromatic rings. The van der Waals surface area contributed by atoms with Gasteiger partial charge in [-0.3, -0.25) is 4.79 Å². The summed E-state index contributed by atoms with van der Waals surface area (Å²) >= 11 is 7.73. The lowest BCUT2D eigenvalue weighted by molar-refractivity contribution is 0.104. The van der Waals surface area contributed by atoms with Crippen LogP contribution < -0.4 is 0 Å². The standard InChI is InChI=1S/C18H11ClN2O2S/c19-15-4-3-11(22)7-13(15)17(23)14-9-21-18-12(14)6-10(8-20-18)16-2-1-5-24-16/h1-9,22H,(H,20,21). The Morgan fingerprint density at radius 2 is 2.08 bits per heavy atom. The van der Waals surface area contributed by atoms with E-state index in [9.17, 15) is 9.90 Å². The van der Waals surface area contributed by atoms with Gasteiger partial charge in [0.05, 0.1) is 5.02 Å². The molecule has 0 bridgehead atoms. The molecule has 4 rings (SSSR count). The maximum Gasteiger partial charge on any atom is 0.196 e. The molecule has 3 heterocycles. The van der Waals surface area contributed by atoms with Crippen molar-refractivity contribution >= 4 is 39.8 Å². The van der Waals surface area contributed by atoms with Crippen molar-refractivity contribution in [1.82, 2.24) is 9.97 Å². The van der Waals surface area contributed by atoms with Gasteiger partial charge in [0.2, 0.25) is 0 Å². The second-order valence-electron chi connectivity index (χ2n) is 5.29. The molecule has 24 heavy (non-hydrogen) atoms. The van der Waals surface area contributed by atoms with Crippen molar-refractivity contribution in [2.45, 2.75) is 0 Å². The van der Waals surface area contributed by atoms with E-state index in [-0.39, 0.29) is 17.1 Å². The number of thiophene rings is 1. The predicted molar refractivity (Wildman–Crippen MR) is 96.0 cm³/mol. The highest BCUT2D eigenvalue weighted by Crippen LogP contribution is 2.30. The van der Waals surface area contributed by atoms with E-state index in [1.807, 2.05) is 23.6 Å². The Morgan fingerprint density at radius 1 is 1.21 bits per heavy atom. The van der Waals surface area contributed by atoms with Crippen molar-refractivity contribution in [1.29, 1.82) is 0 Å². The molecule has 1 aromatic carbocycles. The molecule has 3 aromatic heterocycles. The van der Waals surface area contributed by atoms with Crippen LogP contribution >= 0.6 is 22.9 Å². The smallest absolute Gasteiger partial charge is 0.196 e. The maximum atomic E-state index is 12.9. The number of carbonyl (C=O) groups excluding carboxylic acids is 1. The quantitative estimate of drug-likeness (QED) is 0.515. The summed E-state index contributed by atoms with van der Waals surface area (Å²) in [7, 11) is 0. The van der Waals surface area contributed by atoms with Gasteiger partial charge in [-0.15, -0.1) is 11.3 Å². The van der Waals surface area contributed by atoms with Crippen molar-refractivity contribution in [2.24, 2.45) is 0 Å². The van der Waals surface area contributed by atoms with Crippen LogP contribution in [0.5, 0.6) is 5.75 Å². The van der Waals surface area contributed by atoms with Gasteiger partial charge in [-0.25, -0.2) is 4.98 Å². The third-order valence-corrected chi connectivity index (χ3v) is 5.02. The number of hydrogen-bond donors (Lipinski definition) is 2. The van der Waals surface area contributed by atoms with Gasteiger partial charge in [0.15, 0.2) is 5.78 Å². The lowest BCUT2D eigenvalue weighted by atomic mass is 10.0.